The van der Waals surface area contributed by atoms with Gasteiger partial charge < -0.3 is 9.11 Å². The summed E-state index contributed by atoms with van der Waals surface area (Å²) in [5.74, 6) is 0. The van der Waals surface area contributed by atoms with E-state index in [1.807, 2.05) is 0 Å². The molecule has 0 fully saturated rings. The van der Waals surface area contributed by atoms with Gasteiger partial charge in [-0.15, -0.1) is 0 Å². The largest absolute Gasteiger partial charge is 1.00 e. The smallest absolute Gasteiger partial charge is 0.747 e. The molecule has 0 aliphatic carbocycles. The van der Waals surface area contributed by atoms with E-state index < -0.39 is 31.0 Å². The third-order valence-corrected chi connectivity index (χ3v) is 9.94. The second kappa shape index (κ2) is 32.7. The Hall–Kier alpha value is 1.74. The quantitative estimate of drug-likeness (QED) is 0.0648. The first-order valence-electron chi connectivity index (χ1n) is 16.5. The molecule has 0 rings (SSSR count). The van der Waals surface area contributed by atoms with Crippen molar-refractivity contribution in [2.24, 2.45) is 0 Å². The summed E-state index contributed by atoms with van der Waals surface area (Å²) in [6, 6.07) is 0. The van der Waals surface area contributed by atoms with Crippen LogP contribution in [0.1, 0.15) is 168 Å². The van der Waals surface area contributed by atoms with Crippen LogP contribution in [-0.2, 0) is 20.2 Å². The predicted molar refractivity (Wildman–Crippen MR) is 165 cm³/mol. The van der Waals surface area contributed by atoms with Crippen molar-refractivity contribution in [1.29, 1.82) is 0 Å². The van der Waals surface area contributed by atoms with Crippen LogP contribution in [0.15, 0.2) is 0 Å². The maximum Gasteiger partial charge on any atom is 1.00 e. The van der Waals surface area contributed by atoms with Crippen LogP contribution in [0.4, 0.5) is 0 Å². The second-order valence-electron chi connectivity index (χ2n) is 11.5. The molecular formula is C30H62N2Na2O6S2. The molecule has 42 heavy (non-hydrogen) atoms. The fourth-order valence-electron chi connectivity index (χ4n) is 5.14. The minimum atomic E-state index is -5.03. The summed E-state index contributed by atoms with van der Waals surface area (Å²) in [7, 11) is -10.1. The molecule has 0 aliphatic rings. The maximum atomic E-state index is 11.8. The van der Waals surface area contributed by atoms with Gasteiger partial charge >= 0.3 is 59.1 Å². The Morgan fingerprint density at radius 3 is 0.786 bits per heavy atom. The van der Waals surface area contributed by atoms with E-state index in [4.69, 9.17) is 0 Å². The summed E-state index contributed by atoms with van der Waals surface area (Å²) in [5, 5.41) is 1.14. The van der Waals surface area contributed by atoms with Crippen molar-refractivity contribution in [2.75, 3.05) is 13.1 Å². The summed E-state index contributed by atoms with van der Waals surface area (Å²) < 4.78 is 71.0. The molecule has 0 aromatic rings. The van der Waals surface area contributed by atoms with E-state index in [-0.39, 0.29) is 72.2 Å². The zero-order chi connectivity index (χ0) is 30.0. The Balaban J connectivity index is -0.00000760. The van der Waals surface area contributed by atoms with Crippen molar-refractivity contribution in [3.63, 3.8) is 0 Å². The normalized spacial score (nSPS) is 13.3. The van der Waals surface area contributed by atoms with E-state index in [2.05, 4.69) is 24.5 Å². The van der Waals surface area contributed by atoms with E-state index in [1.165, 1.54) is 103 Å². The molecule has 0 heterocycles. The van der Waals surface area contributed by atoms with Crippen LogP contribution in [0.3, 0.4) is 0 Å². The molecule has 8 nitrogen and oxygen atoms in total. The second-order valence-corrected chi connectivity index (χ2v) is 14.5. The van der Waals surface area contributed by atoms with E-state index in [0.29, 0.717) is 12.8 Å². The molecule has 2 unspecified atom stereocenters. The van der Waals surface area contributed by atoms with Crippen LogP contribution in [0.5, 0.6) is 0 Å². The van der Waals surface area contributed by atoms with Gasteiger partial charge in [0.25, 0.3) is 0 Å². The van der Waals surface area contributed by atoms with Crippen molar-refractivity contribution in [2.45, 2.75) is 179 Å². The molecule has 2 N–H and O–H groups in total. The van der Waals surface area contributed by atoms with Gasteiger partial charge in [-0.05, 0) is 25.9 Å². The molecule has 0 saturated heterocycles. The van der Waals surface area contributed by atoms with Gasteiger partial charge in [0.15, 0.2) is 0 Å². The molecule has 0 aliphatic heterocycles. The summed E-state index contributed by atoms with van der Waals surface area (Å²) in [6.07, 6.45) is 27.6. The molecular weight excluding hydrogens is 594 g/mol. The molecule has 0 amide bonds. The first-order valence-corrected chi connectivity index (χ1v) is 19.4. The summed E-state index contributed by atoms with van der Waals surface area (Å²) in [5.41, 5.74) is 0. The van der Waals surface area contributed by atoms with Crippen LogP contribution in [0, 0.1) is 0 Å². The minimum Gasteiger partial charge on any atom is -0.747 e. The fourth-order valence-corrected chi connectivity index (χ4v) is 7.40. The number of rotatable bonds is 31. The predicted octanol–water partition coefficient (Wildman–Crippen LogP) is 1.32. The maximum absolute atomic E-state index is 11.8. The first kappa shape index (κ1) is 48.1. The molecule has 0 aromatic carbocycles. The van der Waals surface area contributed by atoms with Crippen molar-refractivity contribution in [3.05, 3.63) is 0 Å². The van der Waals surface area contributed by atoms with Crippen molar-refractivity contribution in [3.8, 4) is 0 Å². The van der Waals surface area contributed by atoms with Gasteiger partial charge in [0, 0.05) is 0 Å². The Labute approximate surface area is 305 Å². The zero-order valence-electron chi connectivity index (χ0n) is 27.8. The van der Waals surface area contributed by atoms with Crippen LogP contribution < -0.4 is 69.7 Å². The van der Waals surface area contributed by atoms with Crippen LogP contribution in [0.2, 0.25) is 0 Å². The molecule has 0 aromatic heterocycles. The van der Waals surface area contributed by atoms with Crippen molar-refractivity contribution >= 4 is 20.2 Å². The average Bonchev–Trinajstić information content (AvgIpc) is 2.88. The molecule has 2 atom stereocenters. The molecule has 0 spiro atoms. The van der Waals surface area contributed by atoms with E-state index in [1.54, 1.807) is 0 Å². The SMILES string of the molecule is CCCCCCCCCCCCCCNC(C(NCCCCCCCCCCCCCC)S(=O)(=O)[O-])S(=O)(=O)[O-].[Na+].[Na+]. The van der Waals surface area contributed by atoms with Gasteiger partial charge in [-0.25, -0.2) is 16.8 Å². The Kier molecular flexibility index (Phi) is 37.4. The molecule has 12 heteroatoms. The van der Waals surface area contributed by atoms with Crippen LogP contribution in [-0.4, -0.2) is 49.8 Å². The van der Waals surface area contributed by atoms with Gasteiger partial charge in [0.2, 0.25) is 0 Å². The third kappa shape index (κ3) is 30.4. The first-order chi connectivity index (χ1) is 19.1. The number of unbranched alkanes of at least 4 members (excludes halogenated alkanes) is 22. The van der Waals surface area contributed by atoms with Gasteiger partial charge in [-0.1, -0.05) is 155 Å². The Bertz CT molecular complexity index is 710. The molecule has 0 saturated carbocycles. The van der Waals surface area contributed by atoms with Crippen LogP contribution in [0.25, 0.3) is 0 Å². The number of hydrogen-bond donors (Lipinski definition) is 2. The van der Waals surface area contributed by atoms with E-state index >= 15 is 0 Å². The van der Waals surface area contributed by atoms with Gasteiger partial charge in [-0.2, -0.15) is 0 Å². The topological polar surface area (TPSA) is 138 Å². The van der Waals surface area contributed by atoms with Crippen molar-refractivity contribution < 1.29 is 85.1 Å². The van der Waals surface area contributed by atoms with E-state index in [9.17, 15) is 25.9 Å². The average molecular weight is 657 g/mol. The Morgan fingerprint density at radius 1 is 0.405 bits per heavy atom. The van der Waals surface area contributed by atoms with Gasteiger partial charge in [-0.3, -0.25) is 10.6 Å². The summed E-state index contributed by atoms with van der Waals surface area (Å²) in [4.78, 5) is 0. The third-order valence-electron chi connectivity index (χ3n) is 7.65. The van der Waals surface area contributed by atoms with Gasteiger partial charge in [0.05, 0.1) is 0 Å². The summed E-state index contributed by atoms with van der Waals surface area (Å²) >= 11 is 0. The van der Waals surface area contributed by atoms with Crippen LogP contribution >= 0.6 is 0 Å². The molecule has 0 radical (unpaired) electrons. The molecule has 0 bridgehead atoms. The molecule has 242 valence electrons. The Morgan fingerprint density at radius 2 is 0.595 bits per heavy atom. The number of nitrogens with one attached hydrogen (secondary N) is 2. The fraction of sp³-hybridized carbons (Fsp3) is 1.00. The zero-order valence-corrected chi connectivity index (χ0v) is 33.4. The van der Waals surface area contributed by atoms with Gasteiger partial charge in [0.1, 0.15) is 31.0 Å². The summed E-state index contributed by atoms with van der Waals surface area (Å²) in [6.45, 7) is 4.79. The monoisotopic (exact) mass is 656 g/mol. The standard InChI is InChI=1S/C30H64N2O6S2.2Na/c1-3-5-7-9-11-13-15-17-19-21-23-25-27-31-29(39(33,34)35)30(40(36,37)38)32-28-26-24-22-20-18-16-14-12-10-8-6-4-2;;/h29-32H,3-28H2,1-2H3,(H,33,34,35)(H,36,37,38);;/q;2*+1/p-2. The number of hydrogen-bond acceptors (Lipinski definition) is 8. The van der Waals surface area contributed by atoms with E-state index in [0.717, 1.165) is 38.5 Å². The van der Waals surface area contributed by atoms with Crippen molar-refractivity contribution in [1.82, 2.24) is 10.6 Å². The minimum absolute atomic E-state index is 0.